The van der Waals surface area contributed by atoms with Crippen LogP contribution in [0.4, 0.5) is 11.4 Å². The van der Waals surface area contributed by atoms with Crippen LogP contribution >= 0.6 is 67.8 Å². The summed E-state index contributed by atoms with van der Waals surface area (Å²) in [5.41, 5.74) is 5.74. The number of rotatable bonds is 12. The molecular weight excluding hydrogens is 863 g/mol. The molecule has 214 valence electrons. The molecular formula is C22H24I3N3O11. The average molecular weight is 887 g/mol. The fourth-order valence-corrected chi connectivity index (χ4v) is 7.03. The van der Waals surface area contributed by atoms with Crippen molar-refractivity contribution in [2.45, 2.75) is 33.8 Å². The van der Waals surface area contributed by atoms with Crippen LogP contribution < -0.4 is 16.4 Å². The van der Waals surface area contributed by atoms with Crippen LogP contribution in [0.25, 0.3) is 0 Å². The molecule has 0 radical (unpaired) electrons. The molecule has 1 aromatic rings. The molecule has 0 heterocycles. The number of primary amides is 1. The van der Waals surface area contributed by atoms with E-state index in [9.17, 15) is 33.6 Å². The summed E-state index contributed by atoms with van der Waals surface area (Å²) in [4.78, 5) is 83.4. The third kappa shape index (κ3) is 11.0. The van der Waals surface area contributed by atoms with E-state index >= 15 is 0 Å². The van der Waals surface area contributed by atoms with Crippen molar-refractivity contribution in [3.8, 4) is 0 Å². The quantitative estimate of drug-likeness (QED) is 0.157. The Kier molecular flexibility index (Phi) is 14.3. The lowest BCUT2D eigenvalue weighted by molar-refractivity contribution is -0.153. The SMILES string of the molecule is CC(=O)OCC(=O)Nc1c(I)c(NC(=O)C(COC(C)=O)COC(C)=O)c(I)c(C(OC(C)=O)C(N)=O)c1I. The van der Waals surface area contributed by atoms with Crippen molar-refractivity contribution in [2.24, 2.45) is 11.7 Å². The first-order valence-electron chi connectivity index (χ1n) is 10.7. The molecule has 0 aromatic heterocycles. The van der Waals surface area contributed by atoms with E-state index in [-0.39, 0.29) is 27.6 Å². The number of carbonyl (C=O) groups excluding carboxylic acids is 7. The summed E-state index contributed by atoms with van der Waals surface area (Å²) in [7, 11) is 0. The molecule has 1 rings (SSSR count). The van der Waals surface area contributed by atoms with Crippen LogP contribution in [0.5, 0.6) is 0 Å². The van der Waals surface area contributed by atoms with Gasteiger partial charge in [0.2, 0.25) is 12.0 Å². The molecule has 0 aliphatic rings. The van der Waals surface area contributed by atoms with Gasteiger partial charge in [0.25, 0.3) is 11.8 Å². The van der Waals surface area contributed by atoms with Gasteiger partial charge in [0, 0.05) is 40.4 Å². The van der Waals surface area contributed by atoms with Gasteiger partial charge >= 0.3 is 23.9 Å². The first-order chi connectivity index (χ1) is 18.1. The van der Waals surface area contributed by atoms with E-state index in [1.807, 2.05) is 67.8 Å². The second-order valence-corrected chi connectivity index (χ2v) is 10.9. The molecule has 1 aromatic carbocycles. The Hall–Kier alpha value is -2.30. The van der Waals surface area contributed by atoms with E-state index in [0.29, 0.717) is 0 Å². The van der Waals surface area contributed by atoms with Crippen LogP contribution in [-0.4, -0.2) is 61.4 Å². The molecule has 17 heteroatoms. The number of esters is 4. The molecule has 3 amide bonds. The zero-order valence-corrected chi connectivity index (χ0v) is 27.5. The zero-order chi connectivity index (χ0) is 30.0. The maximum absolute atomic E-state index is 13.2. The topological polar surface area (TPSA) is 206 Å². The first kappa shape index (κ1) is 34.7. The van der Waals surface area contributed by atoms with E-state index in [4.69, 9.17) is 24.7 Å². The number of nitrogens with two attached hydrogens (primary N) is 1. The maximum atomic E-state index is 13.2. The van der Waals surface area contributed by atoms with Gasteiger partial charge in [-0.2, -0.15) is 0 Å². The van der Waals surface area contributed by atoms with Crippen molar-refractivity contribution in [3.05, 3.63) is 16.3 Å². The van der Waals surface area contributed by atoms with Crippen molar-refractivity contribution in [2.75, 3.05) is 30.5 Å². The van der Waals surface area contributed by atoms with Gasteiger partial charge in [0.1, 0.15) is 19.1 Å². The molecule has 4 N–H and O–H groups in total. The minimum Gasteiger partial charge on any atom is -0.465 e. The monoisotopic (exact) mass is 887 g/mol. The second-order valence-electron chi connectivity index (χ2n) is 7.62. The number of amides is 3. The lowest BCUT2D eigenvalue weighted by Crippen LogP contribution is -2.33. The Balaban J connectivity index is 3.69. The number of ether oxygens (including phenoxy) is 4. The van der Waals surface area contributed by atoms with Crippen molar-refractivity contribution < 1.29 is 52.5 Å². The Morgan fingerprint density at radius 1 is 0.718 bits per heavy atom. The predicted octanol–water partition coefficient (Wildman–Crippen LogP) is 1.77. The third-order valence-corrected chi connectivity index (χ3v) is 7.74. The van der Waals surface area contributed by atoms with Gasteiger partial charge in [0.05, 0.1) is 14.9 Å². The van der Waals surface area contributed by atoms with Crippen LogP contribution in [0.1, 0.15) is 39.4 Å². The van der Waals surface area contributed by atoms with Crippen LogP contribution in [0, 0.1) is 16.6 Å². The normalized spacial score (nSPS) is 11.2. The predicted molar refractivity (Wildman–Crippen MR) is 159 cm³/mol. The maximum Gasteiger partial charge on any atom is 0.303 e. The summed E-state index contributed by atoms with van der Waals surface area (Å²) in [5.74, 6) is -6.48. The van der Waals surface area contributed by atoms with Gasteiger partial charge in [-0.3, -0.25) is 33.6 Å². The summed E-state index contributed by atoms with van der Waals surface area (Å²) >= 11 is 5.45. The molecule has 1 unspecified atom stereocenters. The Labute approximate surface area is 263 Å². The number of hydrogen-bond donors (Lipinski definition) is 3. The minimum atomic E-state index is -1.60. The summed E-state index contributed by atoms with van der Waals surface area (Å²) in [6.07, 6.45) is -1.60. The number of halogens is 3. The highest BCUT2D eigenvalue weighted by Crippen LogP contribution is 2.42. The molecule has 0 saturated heterocycles. The molecule has 0 saturated carbocycles. The first-order valence-corrected chi connectivity index (χ1v) is 14.0. The average Bonchev–Trinajstić information content (AvgIpc) is 2.81. The van der Waals surface area contributed by atoms with E-state index in [1.165, 1.54) is 0 Å². The lowest BCUT2D eigenvalue weighted by atomic mass is 10.1. The Bertz CT molecular complexity index is 1170. The molecule has 0 fully saturated rings. The van der Waals surface area contributed by atoms with Gasteiger partial charge in [-0.05, 0) is 67.8 Å². The molecule has 1 atom stereocenters. The number of anilines is 2. The van der Waals surface area contributed by atoms with E-state index in [0.717, 1.165) is 27.7 Å². The van der Waals surface area contributed by atoms with Gasteiger partial charge in [-0.25, -0.2) is 0 Å². The fraction of sp³-hybridized carbons (Fsp3) is 0.409. The van der Waals surface area contributed by atoms with Gasteiger partial charge in [-0.15, -0.1) is 0 Å². The molecule has 0 spiro atoms. The standard InChI is InChI=1S/C22H24I3N3O11/c1-8(29)36-5-12(6-37-9(2)30)22(35)28-19-16(24)14(20(21(26)34)39-11(4)32)15(23)18(17(19)25)27-13(33)7-38-10(3)31/h12,20H,5-7H2,1-4H3,(H2,26,34)(H,27,33)(H,28,35). The van der Waals surface area contributed by atoms with E-state index < -0.39 is 73.4 Å². The Morgan fingerprint density at radius 2 is 1.18 bits per heavy atom. The van der Waals surface area contributed by atoms with E-state index in [2.05, 4.69) is 10.6 Å². The fourth-order valence-electron chi connectivity index (χ4n) is 2.76. The van der Waals surface area contributed by atoms with Crippen molar-refractivity contribution >= 4 is 121 Å². The molecule has 39 heavy (non-hydrogen) atoms. The minimum absolute atomic E-state index is 0.0638. The van der Waals surface area contributed by atoms with E-state index in [1.54, 1.807) is 0 Å². The van der Waals surface area contributed by atoms with Crippen LogP contribution in [-0.2, 0) is 52.5 Å². The molecule has 0 bridgehead atoms. The third-order valence-electron chi connectivity index (χ3n) is 4.42. The number of hydrogen-bond acceptors (Lipinski definition) is 11. The van der Waals surface area contributed by atoms with Gasteiger partial charge in [0.15, 0.2) is 6.61 Å². The molecule has 0 aliphatic carbocycles. The van der Waals surface area contributed by atoms with Crippen LogP contribution in [0.2, 0.25) is 0 Å². The highest BCUT2D eigenvalue weighted by molar-refractivity contribution is 14.1. The van der Waals surface area contributed by atoms with Crippen LogP contribution in [0.15, 0.2) is 0 Å². The highest BCUT2D eigenvalue weighted by Gasteiger charge is 2.33. The van der Waals surface area contributed by atoms with Crippen molar-refractivity contribution in [3.63, 3.8) is 0 Å². The number of carbonyl (C=O) groups is 7. The van der Waals surface area contributed by atoms with Crippen molar-refractivity contribution in [1.29, 1.82) is 0 Å². The summed E-state index contributed by atoms with van der Waals surface area (Å²) in [6, 6.07) is 0. The van der Waals surface area contributed by atoms with Crippen molar-refractivity contribution in [1.82, 2.24) is 0 Å². The van der Waals surface area contributed by atoms with Gasteiger partial charge < -0.3 is 35.3 Å². The largest absolute Gasteiger partial charge is 0.465 e. The number of nitrogens with one attached hydrogen (secondary N) is 2. The Morgan fingerprint density at radius 3 is 1.59 bits per heavy atom. The highest BCUT2D eigenvalue weighted by atomic mass is 127. The second kappa shape index (κ2) is 16.1. The zero-order valence-electron chi connectivity index (χ0n) is 21.0. The molecule has 14 nitrogen and oxygen atoms in total. The summed E-state index contributed by atoms with van der Waals surface area (Å²) < 4.78 is 20.5. The lowest BCUT2D eigenvalue weighted by Gasteiger charge is -2.25. The summed E-state index contributed by atoms with van der Waals surface area (Å²) in [6.45, 7) is 3.02. The molecule has 0 aliphatic heterocycles. The van der Waals surface area contributed by atoms with Gasteiger partial charge in [-0.1, -0.05) is 0 Å². The smallest absolute Gasteiger partial charge is 0.303 e. The summed E-state index contributed by atoms with van der Waals surface area (Å²) in [5, 5.41) is 5.19. The number of benzene rings is 1. The van der Waals surface area contributed by atoms with Crippen LogP contribution in [0.3, 0.4) is 0 Å².